The van der Waals surface area contributed by atoms with Crippen LogP contribution in [0, 0.1) is 12.7 Å². The molecule has 6 heteroatoms. The van der Waals surface area contributed by atoms with Crippen LogP contribution in [0.2, 0.25) is 0 Å². The molecular formula is C23H19FN2O3. The summed E-state index contributed by atoms with van der Waals surface area (Å²) in [4.78, 5) is 18.0. The number of benzene rings is 1. The zero-order valence-corrected chi connectivity index (χ0v) is 16.0. The second-order valence-corrected chi connectivity index (χ2v) is 8.14. The second-order valence-electron chi connectivity index (χ2n) is 8.14. The van der Waals surface area contributed by atoms with E-state index < -0.39 is 6.10 Å². The normalized spacial score (nSPS) is 19.0. The van der Waals surface area contributed by atoms with Crippen LogP contribution in [0.5, 0.6) is 0 Å². The van der Waals surface area contributed by atoms with Gasteiger partial charge in [0.2, 0.25) is 0 Å². The molecule has 0 radical (unpaired) electrons. The maximum absolute atomic E-state index is 14.5. The van der Waals surface area contributed by atoms with Crippen molar-refractivity contribution in [3.63, 3.8) is 0 Å². The van der Waals surface area contributed by atoms with Gasteiger partial charge in [-0.05, 0) is 48.9 Å². The Morgan fingerprint density at radius 3 is 2.86 bits per heavy atom. The molecule has 3 aromatic rings. The van der Waals surface area contributed by atoms with Gasteiger partial charge in [0.25, 0.3) is 5.56 Å². The van der Waals surface area contributed by atoms with E-state index in [0.717, 1.165) is 35.8 Å². The highest BCUT2D eigenvalue weighted by molar-refractivity contribution is 5.92. The van der Waals surface area contributed by atoms with Crippen LogP contribution in [0.1, 0.15) is 45.9 Å². The number of aryl methyl sites for hydroxylation is 2. The predicted molar refractivity (Wildman–Crippen MR) is 106 cm³/mol. The molecule has 6 rings (SSSR count). The Kier molecular flexibility index (Phi) is 3.23. The highest BCUT2D eigenvalue weighted by Crippen LogP contribution is 2.42. The number of nitrogens with zero attached hydrogens (tertiary/aromatic N) is 2. The highest BCUT2D eigenvalue weighted by Gasteiger charge is 2.33. The number of rotatable bonds is 0. The molecule has 0 unspecified atom stereocenters. The first-order chi connectivity index (χ1) is 14.0. The standard InChI is InChI=1S/C23H19FN2O3/c1-10-12-4-3-5-13-15-8-26-19(21(15)25-18(20(12)13)7-17(10)24)6-14-16(23(26)28)9-29-11(2)22(14)27/h6-7,22,27H,2-5,8-9H2,1H3/t22-/m1/s1. The minimum absolute atomic E-state index is 0.109. The van der Waals surface area contributed by atoms with Gasteiger partial charge in [-0.1, -0.05) is 6.58 Å². The molecule has 1 aliphatic carbocycles. The molecule has 0 bridgehead atoms. The third-order valence-electron chi connectivity index (χ3n) is 6.67. The Balaban J connectivity index is 1.68. The van der Waals surface area contributed by atoms with E-state index in [1.807, 2.05) is 13.0 Å². The maximum atomic E-state index is 14.5. The molecule has 1 aromatic carbocycles. The van der Waals surface area contributed by atoms with Gasteiger partial charge >= 0.3 is 0 Å². The van der Waals surface area contributed by atoms with Gasteiger partial charge in [-0.15, -0.1) is 0 Å². The summed E-state index contributed by atoms with van der Waals surface area (Å²) in [6.07, 6.45) is 1.66. The molecule has 4 heterocycles. The first-order valence-electron chi connectivity index (χ1n) is 9.85. The number of hydrogen-bond donors (Lipinski definition) is 1. The van der Waals surface area contributed by atoms with Crippen LogP contribution in [-0.4, -0.2) is 14.7 Å². The van der Waals surface area contributed by atoms with E-state index in [4.69, 9.17) is 9.72 Å². The lowest BCUT2D eigenvalue weighted by Gasteiger charge is -2.24. The fourth-order valence-electron chi connectivity index (χ4n) is 5.13. The molecule has 146 valence electrons. The van der Waals surface area contributed by atoms with Gasteiger partial charge < -0.3 is 14.4 Å². The quantitative estimate of drug-likeness (QED) is 0.500. The summed E-state index contributed by atoms with van der Waals surface area (Å²) in [7, 11) is 0. The average Bonchev–Trinajstić information content (AvgIpc) is 3.08. The molecule has 5 nitrogen and oxygen atoms in total. The van der Waals surface area contributed by atoms with Crippen molar-refractivity contribution in [1.82, 2.24) is 9.55 Å². The Hall–Kier alpha value is -2.99. The van der Waals surface area contributed by atoms with Crippen molar-refractivity contribution in [2.45, 2.75) is 45.4 Å². The Bertz CT molecular complexity index is 1340. The zero-order valence-electron chi connectivity index (χ0n) is 16.0. The van der Waals surface area contributed by atoms with Crippen molar-refractivity contribution in [1.29, 1.82) is 0 Å². The second kappa shape index (κ2) is 5.54. The van der Waals surface area contributed by atoms with Crippen LogP contribution in [0.3, 0.4) is 0 Å². The summed E-state index contributed by atoms with van der Waals surface area (Å²) < 4.78 is 21.6. The smallest absolute Gasteiger partial charge is 0.258 e. The van der Waals surface area contributed by atoms with E-state index >= 15 is 0 Å². The lowest BCUT2D eigenvalue weighted by Crippen LogP contribution is -2.29. The van der Waals surface area contributed by atoms with Crippen molar-refractivity contribution in [2.24, 2.45) is 0 Å². The molecule has 0 amide bonds. The van der Waals surface area contributed by atoms with Gasteiger partial charge in [-0.25, -0.2) is 9.37 Å². The molecule has 1 N–H and O–H groups in total. The number of aliphatic hydroxyl groups is 1. The summed E-state index contributed by atoms with van der Waals surface area (Å²) in [6, 6.07) is 3.33. The molecular weight excluding hydrogens is 371 g/mol. The average molecular weight is 390 g/mol. The number of pyridine rings is 2. The summed E-state index contributed by atoms with van der Waals surface area (Å²) in [5, 5.41) is 11.5. The fraction of sp³-hybridized carbons (Fsp3) is 0.304. The Labute approximate surface area is 166 Å². The van der Waals surface area contributed by atoms with Crippen molar-refractivity contribution < 1.29 is 14.2 Å². The molecule has 0 fully saturated rings. The number of halogens is 1. The van der Waals surface area contributed by atoms with Gasteiger partial charge in [0.1, 0.15) is 24.3 Å². The van der Waals surface area contributed by atoms with Gasteiger partial charge in [-0.3, -0.25) is 4.79 Å². The minimum Gasteiger partial charge on any atom is -0.491 e. The molecule has 0 spiro atoms. The van der Waals surface area contributed by atoms with Gasteiger partial charge in [0.15, 0.2) is 0 Å². The van der Waals surface area contributed by atoms with Crippen LogP contribution in [0.25, 0.3) is 22.3 Å². The van der Waals surface area contributed by atoms with Crippen LogP contribution < -0.4 is 5.56 Å². The van der Waals surface area contributed by atoms with Crippen LogP contribution in [0.4, 0.5) is 4.39 Å². The van der Waals surface area contributed by atoms with Crippen LogP contribution in [0.15, 0.2) is 29.3 Å². The van der Waals surface area contributed by atoms with Crippen molar-refractivity contribution in [3.8, 4) is 11.4 Å². The van der Waals surface area contributed by atoms with Gasteiger partial charge in [0.05, 0.1) is 29.0 Å². The predicted octanol–water partition coefficient (Wildman–Crippen LogP) is 3.44. The van der Waals surface area contributed by atoms with Crippen LogP contribution >= 0.6 is 0 Å². The number of aliphatic hydroxyl groups excluding tert-OH is 1. The van der Waals surface area contributed by atoms with Crippen molar-refractivity contribution in [2.75, 3.05) is 0 Å². The third kappa shape index (κ3) is 2.07. The lowest BCUT2D eigenvalue weighted by atomic mass is 9.85. The number of aromatic nitrogens is 2. The van der Waals surface area contributed by atoms with Gasteiger partial charge in [0, 0.05) is 22.6 Å². The third-order valence-corrected chi connectivity index (χ3v) is 6.67. The van der Waals surface area contributed by atoms with Gasteiger partial charge in [-0.2, -0.15) is 0 Å². The summed E-state index contributed by atoms with van der Waals surface area (Å²) >= 11 is 0. The highest BCUT2D eigenvalue weighted by atomic mass is 19.1. The SMILES string of the molecule is C=C1OCc2c(cc3n(c2=O)Cc2c-3nc3cc(F)c(C)c4c3c2CCC4)[C@@H]1O. The van der Waals surface area contributed by atoms with E-state index in [9.17, 15) is 14.3 Å². The van der Waals surface area contributed by atoms with Crippen molar-refractivity contribution >= 4 is 10.9 Å². The molecule has 1 atom stereocenters. The summed E-state index contributed by atoms with van der Waals surface area (Å²) in [5.74, 6) is 0.00122. The zero-order chi connectivity index (χ0) is 20.0. The Morgan fingerprint density at radius 1 is 1.24 bits per heavy atom. The monoisotopic (exact) mass is 390 g/mol. The summed E-state index contributed by atoms with van der Waals surface area (Å²) in [5.41, 5.74) is 6.80. The van der Waals surface area contributed by atoms with Crippen LogP contribution in [-0.2, 0) is 30.7 Å². The summed E-state index contributed by atoms with van der Waals surface area (Å²) in [6.45, 7) is 6.11. The van der Waals surface area contributed by atoms with E-state index in [0.29, 0.717) is 40.1 Å². The first kappa shape index (κ1) is 16.9. The number of fused-ring (bicyclic) bond motifs is 5. The largest absolute Gasteiger partial charge is 0.491 e. The van der Waals surface area contributed by atoms with E-state index in [-0.39, 0.29) is 23.7 Å². The molecule has 0 saturated carbocycles. The fourth-order valence-corrected chi connectivity index (χ4v) is 5.13. The Morgan fingerprint density at radius 2 is 2.03 bits per heavy atom. The number of hydrogen-bond acceptors (Lipinski definition) is 4. The van der Waals surface area contributed by atoms with E-state index in [2.05, 4.69) is 6.58 Å². The molecule has 2 aliphatic heterocycles. The molecule has 2 aromatic heterocycles. The van der Waals surface area contributed by atoms with E-state index in [1.54, 1.807) is 4.57 Å². The molecule has 3 aliphatic rings. The lowest BCUT2D eigenvalue weighted by molar-refractivity contribution is 0.0753. The maximum Gasteiger partial charge on any atom is 0.258 e. The molecule has 0 saturated heterocycles. The number of ether oxygens (including phenoxy) is 1. The van der Waals surface area contributed by atoms with Crippen molar-refractivity contribution in [3.05, 3.63) is 74.0 Å². The van der Waals surface area contributed by atoms with E-state index in [1.165, 1.54) is 11.6 Å². The topological polar surface area (TPSA) is 64.4 Å². The first-order valence-corrected chi connectivity index (χ1v) is 9.85. The molecule has 29 heavy (non-hydrogen) atoms. The minimum atomic E-state index is -1.04.